The molecule has 0 fully saturated rings. The zero-order valence-electron chi connectivity index (χ0n) is 18.2. The average Bonchev–Trinajstić information content (AvgIpc) is 2.78. The number of ether oxygens (including phenoxy) is 2. The third-order valence-electron chi connectivity index (χ3n) is 4.58. The number of carbonyl (C=O) groups is 1. The number of hydrogen-bond acceptors (Lipinski definition) is 4. The monoisotopic (exact) mass is 572 g/mol. The zero-order valence-corrected chi connectivity index (χ0v) is 21.1. The minimum atomic E-state index is -0.473. The zero-order chi connectivity index (χ0) is 23.8. The Morgan fingerprint density at radius 3 is 2.58 bits per heavy atom. The van der Waals surface area contributed by atoms with Crippen LogP contribution >= 0.6 is 34.2 Å². The Hall–Kier alpha value is -3.02. The fraction of sp³-hybridized carbons (Fsp3) is 0.154. The lowest BCUT2D eigenvalue weighted by molar-refractivity contribution is -0.112. The summed E-state index contributed by atoms with van der Waals surface area (Å²) in [6.45, 7) is 4.61. The Kier molecular flexibility index (Phi) is 8.75. The quantitative estimate of drug-likeness (QED) is 0.184. The summed E-state index contributed by atoms with van der Waals surface area (Å²) < 4.78 is 12.6. The summed E-state index contributed by atoms with van der Waals surface area (Å²) in [6, 6.07) is 20.4. The molecule has 1 amide bonds. The van der Waals surface area contributed by atoms with E-state index in [0.717, 1.165) is 14.7 Å². The third kappa shape index (κ3) is 6.98. The smallest absolute Gasteiger partial charge is 0.266 e. The molecule has 0 bridgehead atoms. The first-order valence-corrected chi connectivity index (χ1v) is 11.7. The van der Waals surface area contributed by atoms with Crippen LogP contribution in [0, 0.1) is 21.8 Å². The summed E-state index contributed by atoms with van der Waals surface area (Å²) in [5.41, 5.74) is 3.28. The number of nitrogens with zero attached hydrogens (tertiary/aromatic N) is 1. The van der Waals surface area contributed by atoms with E-state index in [0.29, 0.717) is 41.0 Å². The number of rotatable bonds is 8. The molecule has 0 aromatic heterocycles. The van der Waals surface area contributed by atoms with Crippen molar-refractivity contribution >= 4 is 51.9 Å². The van der Waals surface area contributed by atoms with Gasteiger partial charge in [-0.15, -0.1) is 0 Å². The van der Waals surface area contributed by atoms with E-state index in [2.05, 4.69) is 27.9 Å². The molecule has 3 aromatic rings. The minimum absolute atomic E-state index is 0.00964. The standard InChI is InChI=1S/C26H22ClIN2O3/c1-3-32-24-14-19(12-20(15-29)26(31)30-22-6-4-5-17(2)11-22)13-23(28)25(24)33-16-18-7-9-21(27)10-8-18/h4-14H,3,16H2,1-2H3,(H,30,31)/b20-12-. The van der Waals surface area contributed by atoms with Crippen LogP contribution in [0.5, 0.6) is 11.5 Å². The van der Waals surface area contributed by atoms with Crippen molar-refractivity contribution in [2.45, 2.75) is 20.5 Å². The molecule has 0 spiro atoms. The van der Waals surface area contributed by atoms with E-state index in [1.807, 2.05) is 68.4 Å². The second-order valence-corrected chi connectivity index (χ2v) is 8.77. The third-order valence-corrected chi connectivity index (χ3v) is 5.63. The van der Waals surface area contributed by atoms with E-state index in [-0.39, 0.29) is 5.57 Å². The number of halogens is 2. The number of benzene rings is 3. The van der Waals surface area contributed by atoms with Crippen molar-refractivity contribution in [1.29, 1.82) is 5.26 Å². The molecule has 3 aromatic carbocycles. The van der Waals surface area contributed by atoms with Gasteiger partial charge in [0.25, 0.3) is 5.91 Å². The molecule has 168 valence electrons. The predicted molar refractivity (Wildman–Crippen MR) is 140 cm³/mol. The Bertz CT molecular complexity index is 1220. The minimum Gasteiger partial charge on any atom is -0.490 e. The van der Waals surface area contributed by atoms with Crippen LogP contribution in [0.3, 0.4) is 0 Å². The van der Waals surface area contributed by atoms with Crippen LogP contribution in [0.2, 0.25) is 5.02 Å². The molecule has 0 heterocycles. The van der Waals surface area contributed by atoms with Gasteiger partial charge >= 0.3 is 0 Å². The van der Waals surface area contributed by atoms with Gasteiger partial charge < -0.3 is 14.8 Å². The normalized spacial score (nSPS) is 10.9. The number of anilines is 1. The number of carbonyl (C=O) groups excluding carboxylic acids is 1. The number of hydrogen-bond donors (Lipinski definition) is 1. The maximum atomic E-state index is 12.6. The van der Waals surface area contributed by atoms with E-state index < -0.39 is 5.91 Å². The Morgan fingerprint density at radius 2 is 1.91 bits per heavy atom. The first-order valence-electron chi connectivity index (χ1n) is 10.2. The summed E-state index contributed by atoms with van der Waals surface area (Å²) in [5, 5.41) is 13.0. The van der Waals surface area contributed by atoms with Gasteiger partial charge in [-0.2, -0.15) is 5.26 Å². The molecular formula is C26H22ClIN2O3. The van der Waals surface area contributed by atoms with E-state index in [4.69, 9.17) is 21.1 Å². The van der Waals surface area contributed by atoms with Crippen molar-refractivity contribution in [1.82, 2.24) is 0 Å². The maximum absolute atomic E-state index is 12.6. The average molecular weight is 573 g/mol. The number of nitrogens with one attached hydrogen (secondary N) is 1. The summed E-state index contributed by atoms with van der Waals surface area (Å²) in [5.74, 6) is 0.674. The summed E-state index contributed by atoms with van der Waals surface area (Å²) in [4.78, 5) is 12.6. The van der Waals surface area contributed by atoms with E-state index in [9.17, 15) is 10.1 Å². The van der Waals surface area contributed by atoms with Gasteiger partial charge in [0.15, 0.2) is 11.5 Å². The summed E-state index contributed by atoms with van der Waals surface area (Å²) >= 11 is 8.11. The van der Waals surface area contributed by atoms with Crippen LogP contribution < -0.4 is 14.8 Å². The van der Waals surface area contributed by atoms with Crippen LogP contribution in [0.4, 0.5) is 5.69 Å². The molecular weight excluding hydrogens is 551 g/mol. The lowest BCUT2D eigenvalue weighted by Crippen LogP contribution is -2.13. The lowest BCUT2D eigenvalue weighted by atomic mass is 10.1. The fourth-order valence-electron chi connectivity index (χ4n) is 3.05. The van der Waals surface area contributed by atoms with Crippen molar-refractivity contribution in [3.05, 3.63) is 91.5 Å². The van der Waals surface area contributed by atoms with Crippen molar-refractivity contribution in [3.63, 3.8) is 0 Å². The number of aryl methyl sites for hydroxylation is 1. The van der Waals surface area contributed by atoms with Crippen LogP contribution in [0.15, 0.2) is 66.2 Å². The first kappa shape index (κ1) is 24.6. The molecule has 0 radical (unpaired) electrons. The van der Waals surface area contributed by atoms with E-state index in [1.165, 1.54) is 0 Å². The highest BCUT2D eigenvalue weighted by Crippen LogP contribution is 2.35. The fourth-order valence-corrected chi connectivity index (χ4v) is 3.95. The largest absolute Gasteiger partial charge is 0.490 e. The molecule has 0 aliphatic heterocycles. The predicted octanol–water partition coefficient (Wildman–Crippen LogP) is 6.78. The first-order chi connectivity index (χ1) is 15.9. The molecule has 0 aliphatic carbocycles. The van der Waals surface area contributed by atoms with Gasteiger partial charge in [-0.25, -0.2) is 0 Å². The lowest BCUT2D eigenvalue weighted by Gasteiger charge is -2.15. The van der Waals surface area contributed by atoms with Crippen molar-refractivity contribution < 1.29 is 14.3 Å². The molecule has 7 heteroatoms. The van der Waals surface area contributed by atoms with Gasteiger partial charge in [0.2, 0.25) is 0 Å². The molecule has 33 heavy (non-hydrogen) atoms. The van der Waals surface area contributed by atoms with E-state index in [1.54, 1.807) is 18.2 Å². The van der Waals surface area contributed by atoms with Gasteiger partial charge in [0.1, 0.15) is 18.2 Å². The molecule has 5 nitrogen and oxygen atoms in total. The SMILES string of the molecule is CCOc1cc(/C=C(/C#N)C(=O)Nc2cccc(C)c2)cc(I)c1OCc1ccc(Cl)cc1. The van der Waals surface area contributed by atoms with Crippen LogP contribution in [-0.4, -0.2) is 12.5 Å². The van der Waals surface area contributed by atoms with Gasteiger partial charge in [0.05, 0.1) is 10.2 Å². The van der Waals surface area contributed by atoms with Crippen molar-refractivity contribution in [2.75, 3.05) is 11.9 Å². The molecule has 3 rings (SSSR count). The summed E-state index contributed by atoms with van der Waals surface area (Å²) in [7, 11) is 0. The molecule has 0 saturated carbocycles. The molecule has 1 N–H and O–H groups in total. The molecule has 0 atom stereocenters. The highest BCUT2D eigenvalue weighted by molar-refractivity contribution is 14.1. The van der Waals surface area contributed by atoms with Gasteiger partial charge in [0, 0.05) is 10.7 Å². The topological polar surface area (TPSA) is 71.3 Å². The van der Waals surface area contributed by atoms with Crippen LogP contribution in [-0.2, 0) is 11.4 Å². The summed E-state index contributed by atoms with van der Waals surface area (Å²) in [6.07, 6.45) is 1.54. The molecule has 0 unspecified atom stereocenters. The second-order valence-electron chi connectivity index (χ2n) is 7.17. The Labute approximate surface area is 212 Å². The highest BCUT2D eigenvalue weighted by atomic mass is 127. The highest BCUT2D eigenvalue weighted by Gasteiger charge is 2.15. The maximum Gasteiger partial charge on any atom is 0.266 e. The number of amides is 1. The Morgan fingerprint density at radius 1 is 1.15 bits per heavy atom. The molecule has 0 aliphatic rings. The van der Waals surface area contributed by atoms with Crippen molar-refractivity contribution in [3.8, 4) is 17.6 Å². The molecule has 0 saturated heterocycles. The second kappa shape index (κ2) is 11.7. The van der Waals surface area contributed by atoms with Gasteiger partial charge in [-0.3, -0.25) is 4.79 Å². The van der Waals surface area contributed by atoms with E-state index >= 15 is 0 Å². The van der Waals surface area contributed by atoms with Gasteiger partial charge in [-0.1, -0.05) is 35.9 Å². The van der Waals surface area contributed by atoms with Gasteiger partial charge in [-0.05, 0) is 95.6 Å². The Balaban J connectivity index is 1.84. The van der Waals surface area contributed by atoms with Crippen LogP contribution in [0.25, 0.3) is 6.08 Å². The van der Waals surface area contributed by atoms with Crippen molar-refractivity contribution in [2.24, 2.45) is 0 Å². The number of nitriles is 1. The van der Waals surface area contributed by atoms with Crippen LogP contribution in [0.1, 0.15) is 23.6 Å².